The molecule has 0 aliphatic heterocycles. The van der Waals surface area contributed by atoms with Gasteiger partial charge in [-0.25, -0.2) is 0 Å². The lowest BCUT2D eigenvalue weighted by Gasteiger charge is -2.01. The quantitative estimate of drug-likeness (QED) is 0.605. The van der Waals surface area contributed by atoms with Crippen molar-refractivity contribution in [2.24, 2.45) is 0 Å². The molecular formula is C9H7ClOS3. The maximum atomic E-state index is 11.9. The summed E-state index contributed by atoms with van der Waals surface area (Å²) in [6.07, 6.45) is 1.97. The lowest BCUT2D eigenvalue weighted by Crippen LogP contribution is -2.06. The summed E-state index contributed by atoms with van der Waals surface area (Å²) in [7, 11) is 0. The third kappa shape index (κ3) is 1.60. The molecule has 0 spiro atoms. The van der Waals surface area contributed by atoms with Crippen LogP contribution in [-0.2, 0) is 5.88 Å². The minimum atomic E-state index is 0.105. The fourth-order valence-corrected chi connectivity index (χ4v) is 4.56. The molecule has 2 aromatic rings. The highest BCUT2D eigenvalue weighted by molar-refractivity contribution is 8.00. The van der Waals surface area contributed by atoms with Gasteiger partial charge in [-0.15, -0.1) is 46.0 Å². The van der Waals surface area contributed by atoms with Gasteiger partial charge in [-0.1, -0.05) is 0 Å². The SMILES string of the molecule is CSc1sc2ccsc2c(=O)c1CCl. The van der Waals surface area contributed by atoms with E-state index in [1.807, 2.05) is 17.7 Å². The summed E-state index contributed by atoms with van der Waals surface area (Å²) in [6.45, 7) is 0. The Morgan fingerprint density at radius 1 is 1.57 bits per heavy atom. The van der Waals surface area contributed by atoms with Crippen molar-refractivity contribution in [3.63, 3.8) is 0 Å². The normalized spacial score (nSPS) is 11.0. The van der Waals surface area contributed by atoms with Crippen LogP contribution in [0.2, 0.25) is 0 Å². The Labute approximate surface area is 98.7 Å². The minimum absolute atomic E-state index is 0.105. The second kappa shape index (κ2) is 4.23. The van der Waals surface area contributed by atoms with Crippen LogP contribution in [0.5, 0.6) is 0 Å². The van der Waals surface area contributed by atoms with Crippen molar-refractivity contribution in [1.29, 1.82) is 0 Å². The highest BCUT2D eigenvalue weighted by Crippen LogP contribution is 2.32. The molecule has 0 aromatic carbocycles. The van der Waals surface area contributed by atoms with Gasteiger partial charge in [0.05, 0.1) is 19.5 Å². The Kier molecular flexibility index (Phi) is 3.17. The zero-order valence-corrected chi connectivity index (χ0v) is 10.6. The van der Waals surface area contributed by atoms with E-state index in [9.17, 15) is 4.79 Å². The molecule has 74 valence electrons. The van der Waals surface area contributed by atoms with Crippen molar-refractivity contribution in [2.75, 3.05) is 6.26 Å². The fourth-order valence-electron chi connectivity index (χ4n) is 1.21. The van der Waals surface area contributed by atoms with E-state index in [2.05, 4.69) is 0 Å². The average Bonchev–Trinajstić information content (AvgIpc) is 2.65. The van der Waals surface area contributed by atoms with Crippen molar-refractivity contribution < 1.29 is 0 Å². The van der Waals surface area contributed by atoms with Gasteiger partial charge in [0.1, 0.15) is 0 Å². The monoisotopic (exact) mass is 262 g/mol. The van der Waals surface area contributed by atoms with Gasteiger partial charge in [0.2, 0.25) is 5.43 Å². The molecule has 5 heteroatoms. The van der Waals surface area contributed by atoms with Crippen molar-refractivity contribution in [1.82, 2.24) is 0 Å². The minimum Gasteiger partial charge on any atom is -0.288 e. The molecule has 14 heavy (non-hydrogen) atoms. The van der Waals surface area contributed by atoms with Gasteiger partial charge in [-0.3, -0.25) is 4.79 Å². The van der Waals surface area contributed by atoms with Crippen LogP contribution < -0.4 is 5.43 Å². The molecule has 0 aliphatic rings. The predicted molar refractivity (Wildman–Crippen MR) is 67.3 cm³/mol. The van der Waals surface area contributed by atoms with Crippen molar-refractivity contribution >= 4 is 55.4 Å². The molecule has 0 N–H and O–H groups in total. The highest BCUT2D eigenvalue weighted by atomic mass is 35.5. The van der Waals surface area contributed by atoms with Crippen molar-refractivity contribution in [3.8, 4) is 0 Å². The Morgan fingerprint density at radius 3 is 3.00 bits per heavy atom. The second-order valence-electron chi connectivity index (χ2n) is 2.65. The molecule has 0 unspecified atom stereocenters. The molecule has 2 rings (SSSR count). The number of halogens is 1. The Morgan fingerprint density at radius 2 is 2.36 bits per heavy atom. The summed E-state index contributed by atoms with van der Waals surface area (Å²) in [5.74, 6) is 0.305. The zero-order chi connectivity index (χ0) is 10.1. The lowest BCUT2D eigenvalue weighted by atomic mass is 10.3. The van der Waals surface area contributed by atoms with Crippen molar-refractivity contribution in [2.45, 2.75) is 10.1 Å². The number of rotatable bonds is 2. The summed E-state index contributed by atoms with van der Waals surface area (Å²) in [5, 5.41) is 1.95. The largest absolute Gasteiger partial charge is 0.288 e. The van der Waals surface area contributed by atoms with Crippen LogP contribution in [-0.4, -0.2) is 6.26 Å². The van der Waals surface area contributed by atoms with E-state index < -0.39 is 0 Å². The summed E-state index contributed by atoms with van der Waals surface area (Å²) < 4.78 is 2.94. The van der Waals surface area contributed by atoms with Crippen LogP contribution in [0, 0.1) is 0 Å². The zero-order valence-electron chi connectivity index (χ0n) is 7.37. The Hall–Kier alpha value is -0.0300. The van der Waals surface area contributed by atoms with Crippen molar-refractivity contribution in [3.05, 3.63) is 27.2 Å². The molecule has 0 saturated carbocycles. The number of alkyl halides is 1. The highest BCUT2D eigenvalue weighted by Gasteiger charge is 2.11. The molecule has 1 nitrogen and oxygen atoms in total. The standard InChI is InChI=1S/C9H7ClOS3/c1-12-9-5(4-10)7(11)8-6(14-9)2-3-13-8/h2-3H,4H2,1H3. The van der Waals surface area contributed by atoms with Crippen LogP contribution >= 0.6 is 46.0 Å². The van der Waals surface area contributed by atoms with Gasteiger partial charge >= 0.3 is 0 Å². The fraction of sp³-hybridized carbons (Fsp3) is 0.222. The number of hydrogen-bond donors (Lipinski definition) is 0. The van der Waals surface area contributed by atoms with E-state index in [-0.39, 0.29) is 5.43 Å². The summed E-state index contributed by atoms with van der Waals surface area (Å²) in [4.78, 5) is 11.9. The van der Waals surface area contributed by atoms with Gasteiger partial charge in [0.15, 0.2) is 0 Å². The number of thiophene rings is 1. The first-order valence-corrected chi connectivity index (χ1v) is 7.36. The third-order valence-corrected chi connectivity index (χ3v) is 5.55. The molecule has 0 atom stereocenters. The van der Waals surface area contributed by atoms with Crippen LogP contribution in [0.3, 0.4) is 0 Å². The summed E-state index contributed by atoms with van der Waals surface area (Å²) in [5.41, 5.74) is 0.854. The van der Waals surface area contributed by atoms with Gasteiger partial charge in [-0.05, 0) is 17.7 Å². The number of hydrogen-bond acceptors (Lipinski definition) is 4. The first kappa shape index (κ1) is 10.5. The van der Waals surface area contributed by atoms with Gasteiger partial charge < -0.3 is 0 Å². The molecule has 2 aromatic heterocycles. The molecular weight excluding hydrogens is 256 g/mol. The van der Waals surface area contributed by atoms with Crippen LogP contribution in [0.1, 0.15) is 5.56 Å². The van der Waals surface area contributed by atoms with E-state index in [1.54, 1.807) is 23.1 Å². The van der Waals surface area contributed by atoms with Gasteiger partial charge in [-0.2, -0.15) is 0 Å². The maximum absolute atomic E-state index is 11.9. The van der Waals surface area contributed by atoms with Crippen LogP contribution in [0.15, 0.2) is 20.5 Å². The third-order valence-electron chi connectivity index (χ3n) is 1.88. The molecule has 0 radical (unpaired) electrons. The van der Waals surface area contributed by atoms with E-state index >= 15 is 0 Å². The van der Waals surface area contributed by atoms with E-state index in [0.717, 1.165) is 19.2 Å². The van der Waals surface area contributed by atoms with Crippen LogP contribution in [0.25, 0.3) is 9.40 Å². The van der Waals surface area contributed by atoms with E-state index in [0.29, 0.717) is 5.88 Å². The second-order valence-corrected chi connectivity index (χ2v) is 5.96. The van der Waals surface area contributed by atoms with E-state index in [4.69, 9.17) is 11.6 Å². The summed E-state index contributed by atoms with van der Waals surface area (Å²) >= 11 is 10.5. The molecule has 0 bridgehead atoms. The summed E-state index contributed by atoms with van der Waals surface area (Å²) in [6, 6.07) is 1.99. The average molecular weight is 263 g/mol. The van der Waals surface area contributed by atoms with Crippen LogP contribution in [0.4, 0.5) is 0 Å². The Bertz CT molecular complexity index is 514. The first-order valence-electron chi connectivity index (χ1n) is 3.91. The molecule has 0 saturated heterocycles. The molecule has 2 heterocycles. The smallest absolute Gasteiger partial charge is 0.203 e. The number of fused-ring (bicyclic) bond motifs is 1. The predicted octanol–water partition coefficient (Wildman–Crippen LogP) is 3.78. The lowest BCUT2D eigenvalue weighted by molar-refractivity contribution is 1.31. The molecule has 0 fully saturated rings. The Balaban J connectivity index is 2.86. The number of thioether (sulfide) groups is 1. The molecule has 0 aliphatic carbocycles. The first-order chi connectivity index (χ1) is 6.77. The molecule has 0 amide bonds. The van der Waals surface area contributed by atoms with E-state index in [1.165, 1.54) is 11.3 Å². The topological polar surface area (TPSA) is 17.1 Å². The van der Waals surface area contributed by atoms with Gasteiger partial charge in [0.25, 0.3) is 0 Å². The van der Waals surface area contributed by atoms with Gasteiger partial charge in [0, 0.05) is 5.56 Å². The maximum Gasteiger partial charge on any atom is 0.203 e.